The summed E-state index contributed by atoms with van der Waals surface area (Å²) in [4.78, 5) is 2.37. The monoisotopic (exact) mass is 451 g/mol. The summed E-state index contributed by atoms with van der Waals surface area (Å²) >= 11 is 5.65. The maximum atomic E-state index is 13.2. The van der Waals surface area contributed by atoms with Crippen molar-refractivity contribution in [2.75, 3.05) is 39.4 Å². The Bertz CT molecular complexity index is 915. The van der Waals surface area contributed by atoms with Crippen LogP contribution in [-0.2, 0) is 10.0 Å². The molecule has 5 rings (SSSR count). The molecule has 3 atom stereocenters. The average Bonchev–Trinajstić information content (AvgIpc) is 3.29. The summed E-state index contributed by atoms with van der Waals surface area (Å²) in [7, 11) is -3.58. The third kappa shape index (κ3) is 3.87. The van der Waals surface area contributed by atoms with Gasteiger partial charge in [0, 0.05) is 44.7 Å². The Morgan fingerprint density at radius 3 is 2.50 bits per heavy atom. The van der Waals surface area contributed by atoms with Crippen molar-refractivity contribution in [3.05, 3.63) is 18.2 Å². The van der Waals surface area contributed by atoms with E-state index in [4.69, 9.17) is 21.7 Å². The van der Waals surface area contributed by atoms with E-state index in [1.807, 2.05) is 0 Å². The summed E-state index contributed by atoms with van der Waals surface area (Å²) < 4.78 is 39.1. The molecule has 1 aromatic carbocycles. The van der Waals surface area contributed by atoms with Gasteiger partial charge in [-0.1, -0.05) is 6.42 Å². The lowest BCUT2D eigenvalue weighted by Crippen LogP contribution is -2.54. The molecule has 0 amide bonds. The normalized spacial score (nSPS) is 28.9. The Balaban J connectivity index is 1.20. The molecule has 0 aromatic heterocycles. The highest BCUT2D eigenvalue weighted by Gasteiger charge is 2.40. The third-order valence-corrected chi connectivity index (χ3v) is 9.20. The molecular formula is C21H29N3O4S2. The van der Waals surface area contributed by atoms with Crippen molar-refractivity contribution in [1.29, 1.82) is 0 Å². The zero-order valence-corrected chi connectivity index (χ0v) is 18.7. The van der Waals surface area contributed by atoms with Gasteiger partial charge < -0.3 is 19.7 Å². The van der Waals surface area contributed by atoms with Gasteiger partial charge >= 0.3 is 0 Å². The third-order valence-electron chi connectivity index (χ3n) is 6.93. The second kappa shape index (κ2) is 8.16. The highest BCUT2D eigenvalue weighted by atomic mass is 32.2. The first-order chi connectivity index (χ1) is 14.5. The molecule has 2 aliphatic carbocycles. The van der Waals surface area contributed by atoms with E-state index < -0.39 is 10.0 Å². The fourth-order valence-electron chi connectivity index (χ4n) is 5.26. The van der Waals surface area contributed by atoms with Crippen LogP contribution in [0.4, 0.5) is 0 Å². The Hall–Kier alpha value is -1.58. The van der Waals surface area contributed by atoms with Crippen LogP contribution in [-0.4, -0.2) is 68.2 Å². The average molecular weight is 452 g/mol. The minimum absolute atomic E-state index is 0.253. The minimum atomic E-state index is -3.58. The molecule has 0 radical (unpaired) electrons. The van der Waals surface area contributed by atoms with E-state index in [1.54, 1.807) is 22.5 Å². The lowest BCUT2D eigenvalue weighted by atomic mass is 9.95. The van der Waals surface area contributed by atoms with Crippen LogP contribution in [0.25, 0.3) is 0 Å². The van der Waals surface area contributed by atoms with Gasteiger partial charge in [0.05, 0.1) is 18.1 Å². The number of sulfonamides is 1. The molecule has 1 aromatic rings. The van der Waals surface area contributed by atoms with Crippen molar-refractivity contribution in [3.63, 3.8) is 0 Å². The number of benzene rings is 1. The summed E-state index contributed by atoms with van der Waals surface area (Å²) in [5.41, 5.74) is 0. The smallest absolute Gasteiger partial charge is 0.243 e. The van der Waals surface area contributed by atoms with Gasteiger partial charge in [-0.3, -0.25) is 0 Å². The van der Waals surface area contributed by atoms with Crippen LogP contribution >= 0.6 is 12.2 Å². The number of ether oxygens (including phenoxy) is 2. The number of hydrogen-bond donors (Lipinski definition) is 1. The number of hydrogen-bond acceptors (Lipinski definition) is 5. The topological polar surface area (TPSA) is 71.1 Å². The van der Waals surface area contributed by atoms with Gasteiger partial charge in [0.25, 0.3) is 0 Å². The van der Waals surface area contributed by atoms with Gasteiger partial charge in [-0.15, -0.1) is 0 Å². The molecule has 1 saturated heterocycles. The first-order valence-corrected chi connectivity index (χ1v) is 12.8. The van der Waals surface area contributed by atoms with Crippen LogP contribution in [0, 0.1) is 11.8 Å². The van der Waals surface area contributed by atoms with E-state index in [0.29, 0.717) is 56.9 Å². The standard InChI is InChI=1S/C21H29N3O4S2/c25-30(26,17-4-5-19-20(14-17)28-11-1-10-27-19)24-8-6-23(7-9-24)21(29)22-18-13-15-2-3-16(18)12-15/h4-5,14-16,18H,1-3,6-13H2,(H,22,29). The predicted octanol–water partition coefficient (Wildman–Crippen LogP) is 2.22. The van der Waals surface area contributed by atoms with Gasteiger partial charge in [-0.05, 0) is 55.4 Å². The summed E-state index contributed by atoms with van der Waals surface area (Å²) in [6.45, 7) is 3.18. The Morgan fingerprint density at radius 1 is 1.03 bits per heavy atom. The van der Waals surface area contributed by atoms with Gasteiger partial charge in [0.15, 0.2) is 16.6 Å². The fraction of sp³-hybridized carbons (Fsp3) is 0.667. The zero-order valence-electron chi connectivity index (χ0n) is 17.1. The quantitative estimate of drug-likeness (QED) is 0.707. The maximum absolute atomic E-state index is 13.2. The molecule has 4 aliphatic rings. The molecular weight excluding hydrogens is 422 g/mol. The maximum Gasteiger partial charge on any atom is 0.243 e. The number of nitrogens with one attached hydrogen (secondary N) is 1. The lowest BCUT2D eigenvalue weighted by Gasteiger charge is -2.37. The minimum Gasteiger partial charge on any atom is -0.490 e. The molecule has 30 heavy (non-hydrogen) atoms. The van der Waals surface area contributed by atoms with Gasteiger partial charge in [-0.25, -0.2) is 8.42 Å². The summed E-state index contributed by atoms with van der Waals surface area (Å²) in [5.74, 6) is 2.73. The van der Waals surface area contributed by atoms with Crippen LogP contribution < -0.4 is 14.8 Å². The largest absolute Gasteiger partial charge is 0.490 e. The molecule has 2 heterocycles. The molecule has 2 bridgehead atoms. The van der Waals surface area contributed by atoms with E-state index in [-0.39, 0.29) is 4.90 Å². The highest BCUT2D eigenvalue weighted by molar-refractivity contribution is 7.89. The van der Waals surface area contributed by atoms with Crippen molar-refractivity contribution >= 4 is 27.4 Å². The second-order valence-electron chi connectivity index (χ2n) is 8.78. The van der Waals surface area contributed by atoms with Gasteiger partial charge in [0.2, 0.25) is 10.0 Å². The van der Waals surface area contributed by atoms with E-state index >= 15 is 0 Å². The Labute approximate surface area is 183 Å². The van der Waals surface area contributed by atoms with Crippen LogP contribution in [0.1, 0.15) is 32.1 Å². The second-order valence-corrected chi connectivity index (χ2v) is 11.1. The van der Waals surface area contributed by atoms with Crippen molar-refractivity contribution in [1.82, 2.24) is 14.5 Å². The highest BCUT2D eigenvalue weighted by Crippen LogP contribution is 2.44. The summed E-state index contributed by atoms with van der Waals surface area (Å²) in [6.07, 6.45) is 6.03. The Morgan fingerprint density at radius 2 is 1.80 bits per heavy atom. The molecule has 2 saturated carbocycles. The first kappa shape index (κ1) is 20.3. The van der Waals surface area contributed by atoms with Crippen LogP contribution in [0.3, 0.4) is 0 Å². The molecule has 3 fully saturated rings. The SMILES string of the molecule is O=S(=O)(c1ccc2c(c1)OCCCO2)N1CCN(C(=S)NC2CC3CCC2C3)CC1. The summed E-state index contributed by atoms with van der Waals surface area (Å²) in [6, 6.07) is 5.39. The van der Waals surface area contributed by atoms with E-state index in [0.717, 1.165) is 23.4 Å². The predicted molar refractivity (Wildman–Crippen MR) is 117 cm³/mol. The molecule has 9 heteroatoms. The van der Waals surface area contributed by atoms with E-state index in [9.17, 15) is 8.42 Å². The number of rotatable bonds is 3. The number of nitrogens with zero attached hydrogens (tertiary/aromatic N) is 2. The van der Waals surface area contributed by atoms with Crippen LogP contribution in [0.5, 0.6) is 11.5 Å². The fourth-order valence-corrected chi connectivity index (χ4v) is 7.03. The summed E-state index contributed by atoms with van der Waals surface area (Å²) in [5, 5.41) is 4.34. The Kier molecular flexibility index (Phi) is 5.53. The molecule has 2 aliphatic heterocycles. The van der Waals surface area contributed by atoms with Gasteiger partial charge in [-0.2, -0.15) is 4.31 Å². The van der Waals surface area contributed by atoms with E-state index in [1.165, 1.54) is 25.7 Å². The molecule has 164 valence electrons. The first-order valence-electron chi connectivity index (χ1n) is 11.0. The zero-order chi connectivity index (χ0) is 20.7. The van der Waals surface area contributed by atoms with Crippen LogP contribution in [0.2, 0.25) is 0 Å². The lowest BCUT2D eigenvalue weighted by molar-refractivity contribution is 0.258. The van der Waals surface area contributed by atoms with Crippen molar-refractivity contribution in [2.24, 2.45) is 11.8 Å². The number of thiocarbonyl (C=S) groups is 1. The van der Waals surface area contributed by atoms with E-state index in [2.05, 4.69) is 10.2 Å². The van der Waals surface area contributed by atoms with Crippen molar-refractivity contribution in [2.45, 2.75) is 43.0 Å². The number of piperazine rings is 1. The number of fused-ring (bicyclic) bond motifs is 3. The molecule has 7 nitrogen and oxygen atoms in total. The van der Waals surface area contributed by atoms with Crippen molar-refractivity contribution in [3.8, 4) is 11.5 Å². The van der Waals surface area contributed by atoms with Gasteiger partial charge in [0.1, 0.15) is 0 Å². The van der Waals surface area contributed by atoms with Crippen LogP contribution in [0.15, 0.2) is 23.1 Å². The molecule has 3 unspecified atom stereocenters. The molecule has 1 N–H and O–H groups in total. The molecule has 0 spiro atoms. The van der Waals surface area contributed by atoms with Crippen molar-refractivity contribution < 1.29 is 17.9 Å².